The van der Waals surface area contributed by atoms with Crippen molar-refractivity contribution in [3.05, 3.63) is 11.7 Å². The van der Waals surface area contributed by atoms with Crippen LogP contribution in [0.25, 0.3) is 0 Å². The van der Waals surface area contributed by atoms with Crippen LogP contribution in [0, 0.1) is 6.92 Å². The molecule has 0 saturated carbocycles. The van der Waals surface area contributed by atoms with Crippen LogP contribution in [0.2, 0.25) is 0 Å². The molecule has 0 saturated heterocycles. The quantitative estimate of drug-likeness (QED) is 0.563. The average molecular weight is 152 g/mol. The Kier molecular flexibility index (Phi) is 1.38. The summed E-state index contributed by atoms with van der Waals surface area (Å²) < 4.78 is 38.7. The van der Waals surface area contributed by atoms with Gasteiger partial charge < -0.3 is 4.52 Å². The largest absolute Gasteiger partial charge is 0.471 e. The number of hydrogen-bond acceptors (Lipinski definition) is 3. The smallest absolute Gasteiger partial charge is 0.329 e. The molecule has 0 atom stereocenters. The molecular weight excluding hydrogens is 149 g/mol. The van der Waals surface area contributed by atoms with Crippen molar-refractivity contribution in [1.29, 1.82) is 0 Å². The molecule has 1 aromatic rings. The van der Waals surface area contributed by atoms with E-state index in [1.54, 1.807) is 0 Å². The molecule has 1 aromatic heterocycles. The fourth-order valence-corrected chi connectivity index (χ4v) is 0.412. The summed E-state index contributed by atoms with van der Waals surface area (Å²) in [5, 5.41) is 2.98. The van der Waals surface area contributed by atoms with E-state index in [2.05, 4.69) is 14.7 Å². The van der Waals surface area contributed by atoms with Gasteiger partial charge in [0.1, 0.15) is 0 Å². The Morgan fingerprint density at radius 2 is 2.00 bits per heavy atom. The van der Waals surface area contributed by atoms with Crippen molar-refractivity contribution in [2.75, 3.05) is 0 Å². The first-order chi connectivity index (χ1) is 4.50. The third-order valence-electron chi connectivity index (χ3n) is 0.770. The van der Waals surface area contributed by atoms with Gasteiger partial charge in [-0.2, -0.15) is 18.2 Å². The summed E-state index contributed by atoms with van der Waals surface area (Å²) >= 11 is 0. The lowest BCUT2D eigenvalue weighted by Crippen LogP contribution is -2.04. The van der Waals surface area contributed by atoms with E-state index in [0.29, 0.717) is 0 Å². The topological polar surface area (TPSA) is 38.9 Å². The molecule has 1 rings (SSSR count). The molecule has 0 N–H and O–H groups in total. The third kappa shape index (κ3) is 1.26. The van der Waals surface area contributed by atoms with Crippen molar-refractivity contribution in [3.63, 3.8) is 0 Å². The summed E-state index contributed by atoms with van der Waals surface area (Å²) in [6.07, 6.45) is -4.53. The van der Waals surface area contributed by atoms with E-state index < -0.39 is 12.1 Å². The Balaban J connectivity index is 2.96. The van der Waals surface area contributed by atoms with E-state index >= 15 is 0 Å². The number of aryl methyl sites for hydroxylation is 1. The maximum absolute atomic E-state index is 11.6. The maximum atomic E-state index is 11.6. The van der Waals surface area contributed by atoms with Crippen LogP contribution in [0.4, 0.5) is 13.2 Å². The zero-order chi connectivity index (χ0) is 7.78. The zero-order valence-electron chi connectivity index (χ0n) is 4.94. The van der Waals surface area contributed by atoms with E-state index in [9.17, 15) is 13.2 Å². The van der Waals surface area contributed by atoms with Crippen LogP contribution in [-0.2, 0) is 6.18 Å². The van der Waals surface area contributed by atoms with E-state index in [1.165, 1.54) is 6.92 Å². The van der Waals surface area contributed by atoms with Crippen LogP contribution < -0.4 is 0 Å². The number of nitrogens with zero attached hydrogens (tertiary/aromatic N) is 2. The van der Waals surface area contributed by atoms with Gasteiger partial charge in [-0.25, -0.2) is 0 Å². The minimum atomic E-state index is -4.53. The highest BCUT2D eigenvalue weighted by atomic mass is 19.4. The van der Waals surface area contributed by atoms with Gasteiger partial charge in [0.05, 0.1) is 0 Å². The second-order valence-electron chi connectivity index (χ2n) is 1.64. The molecule has 3 nitrogen and oxygen atoms in total. The highest BCUT2D eigenvalue weighted by Gasteiger charge is 2.37. The standard InChI is InChI=1S/C4H3F3N2O/c1-2-8-3(10-9-2)4(5,6)7/h1H3. The molecule has 0 fully saturated rings. The summed E-state index contributed by atoms with van der Waals surface area (Å²) in [7, 11) is 0. The van der Waals surface area contributed by atoms with Crippen molar-refractivity contribution in [2.45, 2.75) is 13.1 Å². The molecule has 56 valence electrons. The van der Waals surface area contributed by atoms with Gasteiger partial charge in [-0.15, -0.1) is 0 Å². The van der Waals surface area contributed by atoms with Gasteiger partial charge >= 0.3 is 12.1 Å². The molecule has 10 heavy (non-hydrogen) atoms. The predicted molar refractivity (Wildman–Crippen MR) is 24.0 cm³/mol. The van der Waals surface area contributed by atoms with Crippen LogP contribution in [0.3, 0.4) is 0 Å². The molecule has 0 aliphatic rings. The first kappa shape index (κ1) is 7.04. The van der Waals surface area contributed by atoms with E-state index in [0.717, 1.165) is 0 Å². The van der Waals surface area contributed by atoms with Gasteiger partial charge in [0.25, 0.3) is 0 Å². The normalized spacial score (nSPS) is 12.0. The maximum Gasteiger partial charge on any atom is 0.471 e. The first-order valence-electron chi connectivity index (χ1n) is 2.37. The molecule has 0 aromatic carbocycles. The van der Waals surface area contributed by atoms with Crippen LogP contribution >= 0.6 is 0 Å². The Morgan fingerprint density at radius 3 is 2.20 bits per heavy atom. The summed E-state index contributed by atoms with van der Waals surface area (Å²) in [6, 6.07) is 0. The molecule has 0 bridgehead atoms. The number of hydrogen-bond donors (Lipinski definition) is 0. The summed E-state index contributed by atoms with van der Waals surface area (Å²) in [5.41, 5.74) is 0. The average Bonchev–Trinajstić information content (AvgIpc) is 2.11. The minimum absolute atomic E-state index is 0.0210. The molecule has 6 heteroatoms. The Morgan fingerprint density at radius 1 is 1.40 bits per heavy atom. The predicted octanol–water partition coefficient (Wildman–Crippen LogP) is 1.40. The summed E-state index contributed by atoms with van der Waals surface area (Å²) in [4.78, 5) is 2.98. The van der Waals surface area contributed by atoms with Gasteiger partial charge in [0.2, 0.25) is 0 Å². The lowest BCUT2D eigenvalue weighted by Gasteiger charge is -1.95. The molecule has 0 amide bonds. The van der Waals surface area contributed by atoms with Gasteiger partial charge in [-0.1, -0.05) is 5.16 Å². The lowest BCUT2D eigenvalue weighted by molar-refractivity contribution is -0.159. The highest BCUT2D eigenvalue weighted by molar-refractivity contribution is 4.86. The second-order valence-corrected chi connectivity index (χ2v) is 1.64. The molecule has 0 aliphatic heterocycles. The van der Waals surface area contributed by atoms with Crippen LogP contribution in [0.1, 0.15) is 11.7 Å². The fraction of sp³-hybridized carbons (Fsp3) is 0.500. The van der Waals surface area contributed by atoms with Crippen molar-refractivity contribution < 1.29 is 17.7 Å². The van der Waals surface area contributed by atoms with Crippen LogP contribution in [-0.4, -0.2) is 10.1 Å². The summed E-state index contributed by atoms with van der Waals surface area (Å²) in [5.74, 6) is -1.32. The van der Waals surface area contributed by atoms with Gasteiger partial charge in [-0.05, 0) is 6.92 Å². The molecule has 0 spiro atoms. The minimum Gasteiger partial charge on any atom is -0.329 e. The molecule has 1 heterocycles. The van der Waals surface area contributed by atoms with Crippen molar-refractivity contribution >= 4 is 0 Å². The SMILES string of the molecule is Cc1noc(C(F)(F)F)n1. The monoisotopic (exact) mass is 152 g/mol. The summed E-state index contributed by atoms with van der Waals surface area (Å²) in [6.45, 7) is 1.32. The van der Waals surface area contributed by atoms with E-state index in [1.807, 2.05) is 0 Å². The second kappa shape index (κ2) is 1.96. The van der Waals surface area contributed by atoms with Crippen molar-refractivity contribution in [3.8, 4) is 0 Å². The Hall–Kier alpha value is -1.07. The molecule has 0 aliphatic carbocycles. The van der Waals surface area contributed by atoms with Crippen molar-refractivity contribution in [2.24, 2.45) is 0 Å². The van der Waals surface area contributed by atoms with Crippen LogP contribution in [0.15, 0.2) is 4.52 Å². The fourth-order valence-electron chi connectivity index (χ4n) is 0.412. The van der Waals surface area contributed by atoms with Gasteiger partial charge in [0.15, 0.2) is 5.82 Å². The molecular formula is C4H3F3N2O. The van der Waals surface area contributed by atoms with Gasteiger partial charge in [-0.3, -0.25) is 0 Å². The lowest BCUT2D eigenvalue weighted by atomic mass is 10.6. The highest BCUT2D eigenvalue weighted by Crippen LogP contribution is 2.26. The van der Waals surface area contributed by atoms with Crippen molar-refractivity contribution in [1.82, 2.24) is 10.1 Å². The Labute approximate surface area is 53.8 Å². The van der Waals surface area contributed by atoms with E-state index in [4.69, 9.17) is 0 Å². The molecule has 0 unspecified atom stereocenters. The molecule has 0 radical (unpaired) electrons. The number of aromatic nitrogens is 2. The zero-order valence-corrected chi connectivity index (χ0v) is 4.94. The number of alkyl halides is 3. The first-order valence-corrected chi connectivity index (χ1v) is 2.37. The van der Waals surface area contributed by atoms with Gasteiger partial charge in [0, 0.05) is 0 Å². The number of rotatable bonds is 0. The number of halogens is 3. The van der Waals surface area contributed by atoms with E-state index in [-0.39, 0.29) is 5.82 Å². The Bertz CT molecular complexity index is 229. The van der Waals surface area contributed by atoms with Crippen LogP contribution in [0.5, 0.6) is 0 Å². The third-order valence-corrected chi connectivity index (χ3v) is 0.770.